The molecule has 0 aliphatic heterocycles. The lowest BCUT2D eigenvalue weighted by Crippen LogP contribution is -2.44. The first kappa shape index (κ1) is 17.2. The number of aryl methyl sites for hydroxylation is 1. The second-order valence-electron chi connectivity index (χ2n) is 5.84. The lowest BCUT2D eigenvalue weighted by molar-refractivity contribution is -0.132. The van der Waals surface area contributed by atoms with Crippen LogP contribution in [0, 0.1) is 5.92 Å². The lowest BCUT2D eigenvalue weighted by Gasteiger charge is -2.22. The van der Waals surface area contributed by atoms with Crippen molar-refractivity contribution >= 4 is 5.91 Å². The second-order valence-corrected chi connectivity index (χ2v) is 5.84. The molecule has 1 aromatic rings. The minimum atomic E-state index is -0.577. The van der Waals surface area contributed by atoms with Gasteiger partial charge < -0.3 is 15.2 Å². The van der Waals surface area contributed by atoms with E-state index >= 15 is 0 Å². The van der Waals surface area contributed by atoms with E-state index in [0.717, 1.165) is 4.57 Å². The van der Waals surface area contributed by atoms with Crippen LogP contribution in [0.15, 0.2) is 15.8 Å². The Hall–Kier alpha value is -1.89. The van der Waals surface area contributed by atoms with E-state index in [0.29, 0.717) is 17.9 Å². The number of carbonyl (C=O) groups is 1. The van der Waals surface area contributed by atoms with Crippen LogP contribution in [0.2, 0.25) is 0 Å². The van der Waals surface area contributed by atoms with E-state index in [1.54, 1.807) is 14.1 Å². The van der Waals surface area contributed by atoms with Crippen molar-refractivity contribution in [3.05, 3.63) is 32.6 Å². The molecule has 0 spiro atoms. The standard InChI is InChI=1S/C14H24N4O3/c1-9(2)6-11(15)13(20)16(3)7-10-8-17(4)14(21)18(5)12(10)19/h8-9,11H,6-7,15H2,1-5H3/t11-/m0/s1. The summed E-state index contributed by atoms with van der Waals surface area (Å²) in [6, 6.07) is -0.577. The fourth-order valence-electron chi connectivity index (χ4n) is 2.22. The van der Waals surface area contributed by atoms with Gasteiger partial charge in [-0.3, -0.25) is 14.2 Å². The SMILES string of the molecule is CC(C)C[C@H](N)C(=O)N(C)Cc1cn(C)c(=O)n(C)c1=O. The number of carbonyl (C=O) groups excluding carboxylic acids is 1. The molecule has 7 nitrogen and oxygen atoms in total. The molecule has 0 saturated carbocycles. The number of nitrogens with zero attached hydrogens (tertiary/aromatic N) is 3. The molecule has 1 atom stereocenters. The Morgan fingerprint density at radius 2 is 1.90 bits per heavy atom. The molecule has 1 rings (SSSR count). The molecule has 118 valence electrons. The van der Waals surface area contributed by atoms with Crippen molar-refractivity contribution in [3.8, 4) is 0 Å². The molecule has 0 bridgehead atoms. The third kappa shape index (κ3) is 4.04. The van der Waals surface area contributed by atoms with Crippen molar-refractivity contribution in [1.29, 1.82) is 0 Å². The Morgan fingerprint density at radius 3 is 2.43 bits per heavy atom. The highest BCUT2D eigenvalue weighted by Gasteiger charge is 2.20. The Morgan fingerprint density at radius 1 is 1.33 bits per heavy atom. The summed E-state index contributed by atoms with van der Waals surface area (Å²) in [7, 11) is 4.59. The number of hydrogen-bond acceptors (Lipinski definition) is 4. The zero-order chi connectivity index (χ0) is 16.3. The number of amides is 1. The van der Waals surface area contributed by atoms with Crippen molar-refractivity contribution in [1.82, 2.24) is 14.0 Å². The third-order valence-electron chi connectivity index (χ3n) is 3.34. The molecule has 21 heavy (non-hydrogen) atoms. The molecule has 1 heterocycles. The molecule has 0 aliphatic rings. The zero-order valence-corrected chi connectivity index (χ0v) is 13.3. The number of hydrogen-bond donors (Lipinski definition) is 1. The van der Waals surface area contributed by atoms with Crippen LogP contribution in [0.25, 0.3) is 0 Å². The van der Waals surface area contributed by atoms with Crippen LogP contribution in [0.4, 0.5) is 0 Å². The fraction of sp³-hybridized carbons (Fsp3) is 0.643. The Kier molecular flexibility index (Phi) is 5.48. The van der Waals surface area contributed by atoms with Crippen LogP contribution in [0.3, 0.4) is 0 Å². The van der Waals surface area contributed by atoms with Gasteiger partial charge in [0.1, 0.15) is 0 Å². The monoisotopic (exact) mass is 296 g/mol. The maximum atomic E-state index is 12.2. The average molecular weight is 296 g/mol. The molecule has 2 N–H and O–H groups in total. The van der Waals surface area contributed by atoms with Gasteiger partial charge in [-0.25, -0.2) is 4.79 Å². The number of likely N-dealkylation sites (N-methyl/N-ethyl adjacent to an activating group) is 1. The van der Waals surface area contributed by atoms with Gasteiger partial charge in [0.05, 0.1) is 18.2 Å². The number of nitrogens with two attached hydrogens (primary N) is 1. The lowest BCUT2D eigenvalue weighted by atomic mass is 10.0. The van der Waals surface area contributed by atoms with Gasteiger partial charge in [0.15, 0.2) is 0 Å². The van der Waals surface area contributed by atoms with E-state index in [1.807, 2.05) is 13.8 Å². The van der Waals surface area contributed by atoms with Crippen LogP contribution in [-0.4, -0.2) is 33.0 Å². The number of rotatable bonds is 5. The van der Waals surface area contributed by atoms with Gasteiger partial charge in [-0.2, -0.15) is 0 Å². The van der Waals surface area contributed by atoms with Crippen molar-refractivity contribution in [3.63, 3.8) is 0 Å². The van der Waals surface area contributed by atoms with Crippen LogP contribution in [0.1, 0.15) is 25.8 Å². The summed E-state index contributed by atoms with van der Waals surface area (Å²) in [6.07, 6.45) is 2.05. The minimum absolute atomic E-state index is 0.130. The van der Waals surface area contributed by atoms with Gasteiger partial charge >= 0.3 is 5.69 Å². The number of aromatic nitrogens is 2. The first-order valence-electron chi connectivity index (χ1n) is 6.91. The molecule has 0 fully saturated rings. The summed E-state index contributed by atoms with van der Waals surface area (Å²) in [5.74, 6) is 0.113. The van der Waals surface area contributed by atoms with Gasteiger partial charge in [-0.05, 0) is 12.3 Å². The van der Waals surface area contributed by atoms with Crippen molar-refractivity contribution in [2.24, 2.45) is 25.7 Å². The van der Waals surface area contributed by atoms with E-state index < -0.39 is 17.3 Å². The molecule has 1 amide bonds. The van der Waals surface area contributed by atoms with E-state index in [4.69, 9.17) is 5.73 Å². The van der Waals surface area contributed by atoms with Gasteiger partial charge in [-0.15, -0.1) is 0 Å². The molecule has 0 unspecified atom stereocenters. The molecular formula is C14H24N4O3. The summed E-state index contributed by atoms with van der Waals surface area (Å²) in [6.45, 7) is 4.12. The molecule has 0 aromatic carbocycles. The van der Waals surface area contributed by atoms with Gasteiger partial charge in [-0.1, -0.05) is 13.8 Å². The zero-order valence-electron chi connectivity index (χ0n) is 13.3. The van der Waals surface area contributed by atoms with Crippen molar-refractivity contribution < 1.29 is 4.79 Å². The van der Waals surface area contributed by atoms with Gasteiger partial charge in [0, 0.05) is 27.3 Å². The first-order chi connectivity index (χ1) is 9.65. The van der Waals surface area contributed by atoms with Crippen molar-refractivity contribution in [2.45, 2.75) is 32.9 Å². The summed E-state index contributed by atoms with van der Waals surface area (Å²) in [4.78, 5) is 37.2. The molecule has 7 heteroatoms. The highest BCUT2D eigenvalue weighted by molar-refractivity contribution is 5.81. The summed E-state index contributed by atoms with van der Waals surface area (Å²) in [5, 5.41) is 0. The largest absolute Gasteiger partial charge is 0.340 e. The van der Waals surface area contributed by atoms with Crippen LogP contribution in [-0.2, 0) is 25.4 Å². The van der Waals surface area contributed by atoms with Crippen LogP contribution in [0.5, 0.6) is 0 Å². The first-order valence-corrected chi connectivity index (χ1v) is 6.91. The maximum Gasteiger partial charge on any atom is 0.330 e. The Labute approximate surface area is 124 Å². The summed E-state index contributed by atoms with van der Waals surface area (Å²) in [5.41, 5.74) is 5.46. The predicted molar refractivity (Wildman–Crippen MR) is 80.8 cm³/mol. The quantitative estimate of drug-likeness (QED) is 0.787. The topological polar surface area (TPSA) is 90.3 Å². The summed E-state index contributed by atoms with van der Waals surface area (Å²) >= 11 is 0. The van der Waals surface area contributed by atoms with Crippen LogP contribution >= 0.6 is 0 Å². The molecular weight excluding hydrogens is 272 g/mol. The van der Waals surface area contributed by atoms with E-state index in [-0.39, 0.29) is 12.5 Å². The Bertz CT molecular complexity index is 630. The molecule has 0 aliphatic carbocycles. The third-order valence-corrected chi connectivity index (χ3v) is 3.34. The van der Waals surface area contributed by atoms with Crippen molar-refractivity contribution in [2.75, 3.05) is 7.05 Å². The Balaban J connectivity index is 2.94. The van der Waals surface area contributed by atoms with Gasteiger partial charge in [0.25, 0.3) is 5.56 Å². The maximum absolute atomic E-state index is 12.2. The average Bonchev–Trinajstić information content (AvgIpc) is 2.40. The minimum Gasteiger partial charge on any atom is -0.340 e. The molecule has 1 aromatic heterocycles. The molecule has 0 saturated heterocycles. The fourth-order valence-corrected chi connectivity index (χ4v) is 2.22. The highest BCUT2D eigenvalue weighted by Crippen LogP contribution is 2.06. The molecule has 0 radical (unpaired) electrons. The predicted octanol–water partition coefficient (Wildman–Crippen LogP) is -0.584. The smallest absolute Gasteiger partial charge is 0.330 e. The van der Waals surface area contributed by atoms with E-state index in [9.17, 15) is 14.4 Å². The second kappa shape index (κ2) is 6.71. The van der Waals surface area contributed by atoms with Crippen LogP contribution < -0.4 is 17.0 Å². The van der Waals surface area contributed by atoms with E-state index in [1.165, 1.54) is 22.7 Å². The highest BCUT2D eigenvalue weighted by atomic mass is 16.2. The van der Waals surface area contributed by atoms with Gasteiger partial charge in [0.2, 0.25) is 5.91 Å². The normalized spacial score (nSPS) is 12.5. The summed E-state index contributed by atoms with van der Waals surface area (Å²) < 4.78 is 2.35. The van der Waals surface area contributed by atoms with E-state index in [2.05, 4.69) is 0 Å².